The van der Waals surface area contributed by atoms with E-state index in [-0.39, 0.29) is 18.4 Å². The standard InChI is InChI=1S/C27H28N6O2/c34-25-18-32(13-11-28-25)27(35)26-22-17-31(16-20-14-29-23-9-5-4-8-21(20)23)12-10-24(22)33(30-26)15-19-6-2-1-3-7-19/h1-9,14,29H,10-13,15-18H2,(H,28,34). The highest BCUT2D eigenvalue weighted by molar-refractivity contribution is 5.97. The zero-order valence-electron chi connectivity index (χ0n) is 19.5. The number of benzene rings is 2. The van der Waals surface area contributed by atoms with Crippen LogP contribution in [0.15, 0.2) is 60.8 Å². The van der Waals surface area contributed by atoms with E-state index in [0.717, 1.165) is 41.8 Å². The lowest BCUT2D eigenvalue weighted by Crippen LogP contribution is -2.50. The fourth-order valence-electron chi connectivity index (χ4n) is 5.21. The average molecular weight is 469 g/mol. The van der Waals surface area contributed by atoms with Crippen molar-refractivity contribution in [1.82, 2.24) is 29.9 Å². The summed E-state index contributed by atoms with van der Waals surface area (Å²) in [6.07, 6.45) is 2.91. The molecule has 0 radical (unpaired) electrons. The smallest absolute Gasteiger partial charge is 0.275 e. The third-order valence-electron chi connectivity index (χ3n) is 6.99. The number of aromatic nitrogens is 3. The number of para-hydroxylation sites is 1. The van der Waals surface area contributed by atoms with Gasteiger partial charge >= 0.3 is 0 Å². The Morgan fingerprint density at radius 3 is 2.66 bits per heavy atom. The van der Waals surface area contributed by atoms with Crippen molar-refractivity contribution in [2.75, 3.05) is 26.2 Å². The molecule has 4 heterocycles. The zero-order valence-corrected chi connectivity index (χ0v) is 19.5. The Kier molecular flexibility index (Phi) is 5.58. The second-order valence-corrected chi connectivity index (χ2v) is 9.31. The normalized spacial score (nSPS) is 16.3. The average Bonchev–Trinajstić information content (AvgIpc) is 3.45. The Morgan fingerprint density at radius 2 is 1.80 bits per heavy atom. The molecule has 2 aliphatic heterocycles. The van der Waals surface area contributed by atoms with Gasteiger partial charge in [0.1, 0.15) is 0 Å². The van der Waals surface area contributed by atoms with Gasteiger partial charge in [-0.25, -0.2) is 0 Å². The Balaban J connectivity index is 1.31. The van der Waals surface area contributed by atoms with Gasteiger partial charge in [0.2, 0.25) is 5.91 Å². The second kappa shape index (κ2) is 9.03. The number of hydrogen-bond acceptors (Lipinski definition) is 4. The molecular formula is C27H28N6O2. The fourth-order valence-corrected chi connectivity index (χ4v) is 5.21. The number of fused-ring (bicyclic) bond motifs is 2. The molecule has 2 aliphatic rings. The molecular weight excluding hydrogens is 440 g/mol. The molecule has 1 fully saturated rings. The molecule has 2 amide bonds. The van der Waals surface area contributed by atoms with Crippen molar-refractivity contribution in [1.29, 1.82) is 0 Å². The highest BCUT2D eigenvalue weighted by Crippen LogP contribution is 2.27. The number of aromatic amines is 1. The van der Waals surface area contributed by atoms with Crippen molar-refractivity contribution < 1.29 is 9.59 Å². The molecule has 178 valence electrons. The quantitative estimate of drug-likeness (QED) is 0.471. The van der Waals surface area contributed by atoms with Crippen LogP contribution >= 0.6 is 0 Å². The molecule has 1 saturated heterocycles. The van der Waals surface area contributed by atoms with Gasteiger partial charge in [0.25, 0.3) is 5.91 Å². The molecule has 4 aromatic rings. The zero-order chi connectivity index (χ0) is 23.8. The fraction of sp³-hybridized carbons (Fsp3) is 0.296. The highest BCUT2D eigenvalue weighted by Gasteiger charge is 2.32. The molecule has 0 saturated carbocycles. The van der Waals surface area contributed by atoms with Crippen LogP contribution in [0, 0.1) is 0 Å². The Morgan fingerprint density at radius 1 is 0.971 bits per heavy atom. The number of hydrogen-bond donors (Lipinski definition) is 2. The van der Waals surface area contributed by atoms with Crippen molar-refractivity contribution in [2.45, 2.75) is 26.1 Å². The summed E-state index contributed by atoms with van der Waals surface area (Å²) in [5.74, 6) is -0.278. The van der Waals surface area contributed by atoms with E-state index in [2.05, 4.69) is 51.7 Å². The minimum Gasteiger partial charge on any atom is -0.361 e. The molecule has 0 aliphatic carbocycles. The number of carbonyl (C=O) groups is 2. The van der Waals surface area contributed by atoms with Crippen LogP contribution in [-0.4, -0.2) is 62.6 Å². The van der Waals surface area contributed by atoms with E-state index < -0.39 is 0 Å². The molecule has 8 heteroatoms. The molecule has 2 N–H and O–H groups in total. The molecule has 0 spiro atoms. The van der Waals surface area contributed by atoms with E-state index in [1.165, 1.54) is 10.9 Å². The van der Waals surface area contributed by atoms with Crippen LogP contribution in [0.1, 0.15) is 32.9 Å². The SMILES string of the molecule is O=C1CN(C(=O)c2nn(Cc3ccccc3)c3c2CN(Cc2c[nH]c4ccccc24)CC3)CCN1. The van der Waals surface area contributed by atoms with Crippen molar-refractivity contribution >= 4 is 22.7 Å². The molecule has 0 unspecified atom stereocenters. The number of nitrogens with one attached hydrogen (secondary N) is 2. The van der Waals surface area contributed by atoms with Crippen LogP contribution in [0.3, 0.4) is 0 Å². The van der Waals surface area contributed by atoms with Gasteiger partial charge in [0.05, 0.1) is 13.1 Å². The molecule has 35 heavy (non-hydrogen) atoms. The van der Waals surface area contributed by atoms with Gasteiger partial charge in [0.15, 0.2) is 5.69 Å². The van der Waals surface area contributed by atoms with Gasteiger partial charge in [-0.15, -0.1) is 0 Å². The van der Waals surface area contributed by atoms with Gasteiger partial charge in [0, 0.05) is 67.5 Å². The third-order valence-corrected chi connectivity index (χ3v) is 6.99. The molecule has 2 aromatic heterocycles. The molecule has 2 aromatic carbocycles. The molecule has 0 atom stereocenters. The maximum atomic E-state index is 13.5. The van der Waals surface area contributed by atoms with E-state index in [0.29, 0.717) is 31.9 Å². The van der Waals surface area contributed by atoms with Crippen LogP contribution in [0.4, 0.5) is 0 Å². The van der Waals surface area contributed by atoms with Crippen LogP contribution in [-0.2, 0) is 30.8 Å². The van der Waals surface area contributed by atoms with Gasteiger partial charge in [-0.1, -0.05) is 48.5 Å². The lowest BCUT2D eigenvalue weighted by atomic mass is 10.0. The van der Waals surface area contributed by atoms with Crippen molar-refractivity contribution in [3.8, 4) is 0 Å². The van der Waals surface area contributed by atoms with Gasteiger partial charge in [-0.05, 0) is 17.2 Å². The van der Waals surface area contributed by atoms with E-state index in [1.807, 2.05) is 28.9 Å². The van der Waals surface area contributed by atoms with Crippen LogP contribution in [0.5, 0.6) is 0 Å². The number of H-pyrrole nitrogens is 1. The first-order chi connectivity index (χ1) is 17.2. The molecule has 8 nitrogen and oxygen atoms in total. The van der Waals surface area contributed by atoms with Crippen molar-refractivity contribution in [3.63, 3.8) is 0 Å². The van der Waals surface area contributed by atoms with Crippen molar-refractivity contribution in [3.05, 3.63) is 88.9 Å². The maximum Gasteiger partial charge on any atom is 0.275 e. The second-order valence-electron chi connectivity index (χ2n) is 9.31. The third kappa shape index (κ3) is 4.21. The summed E-state index contributed by atoms with van der Waals surface area (Å²) in [4.78, 5) is 32.8. The largest absolute Gasteiger partial charge is 0.361 e. The first kappa shape index (κ1) is 21.6. The topological polar surface area (TPSA) is 86.3 Å². The number of rotatable bonds is 5. The predicted octanol–water partition coefficient (Wildman–Crippen LogP) is 2.54. The summed E-state index contributed by atoms with van der Waals surface area (Å²) in [6, 6.07) is 18.5. The number of nitrogens with zero attached hydrogens (tertiary/aromatic N) is 4. The number of piperazine rings is 1. The van der Waals surface area contributed by atoms with E-state index in [9.17, 15) is 9.59 Å². The van der Waals surface area contributed by atoms with Crippen LogP contribution in [0.25, 0.3) is 10.9 Å². The predicted molar refractivity (Wildman–Crippen MR) is 133 cm³/mol. The summed E-state index contributed by atoms with van der Waals surface area (Å²) in [6.45, 7) is 4.04. The maximum absolute atomic E-state index is 13.5. The van der Waals surface area contributed by atoms with Gasteiger partial charge in [-0.3, -0.25) is 19.2 Å². The number of amides is 2. The molecule has 6 rings (SSSR count). The van der Waals surface area contributed by atoms with E-state index >= 15 is 0 Å². The highest BCUT2D eigenvalue weighted by atomic mass is 16.2. The summed E-state index contributed by atoms with van der Waals surface area (Å²) >= 11 is 0. The van der Waals surface area contributed by atoms with Crippen molar-refractivity contribution in [2.24, 2.45) is 0 Å². The first-order valence-electron chi connectivity index (χ1n) is 12.1. The summed E-state index contributed by atoms with van der Waals surface area (Å²) in [5, 5.41) is 8.86. The Labute approximate surface area is 203 Å². The summed E-state index contributed by atoms with van der Waals surface area (Å²) < 4.78 is 1.99. The monoisotopic (exact) mass is 468 g/mol. The lowest BCUT2D eigenvalue weighted by Gasteiger charge is -2.29. The van der Waals surface area contributed by atoms with Crippen LogP contribution in [0.2, 0.25) is 0 Å². The Bertz CT molecular complexity index is 1390. The lowest BCUT2D eigenvalue weighted by molar-refractivity contribution is -0.123. The minimum atomic E-state index is -0.156. The molecule has 0 bridgehead atoms. The van der Waals surface area contributed by atoms with E-state index in [1.54, 1.807) is 4.90 Å². The minimum absolute atomic E-state index is 0.0816. The summed E-state index contributed by atoms with van der Waals surface area (Å²) in [5.41, 5.74) is 6.12. The summed E-state index contributed by atoms with van der Waals surface area (Å²) in [7, 11) is 0. The van der Waals surface area contributed by atoms with Gasteiger partial charge in [-0.2, -0.15) is 5.10 Å². The van der Waals surface area contributed by atoms with E-state index in [4.69, 9.17) is 5.10 Å². The van der Waals surface area contributed by atoms with Gasteiger partial charge < -0.3 is 15.2 Å². The first-order valence-corrected chi connectivity index (χ1v) is 12.1. The van der Waals surface area contributed by atoms with Crippen LogP contribution < -0.4 is 5.32 Å². The number of carbonyl (C=O) groups excluding carboxylic acids is 2. The Hall–Kier alpha value is -3.91.